The van der Waals surface area contributed by atoms with Crippen molar-refractivity contribution in [1.82, 2.24) is 5.32 Å². The molecule has 16 heavy (non-hydrogen) atoms. The van der Waals surface area contributed by atoms with Gasteiger partial charge < -0.3 is 10.1 Å². The first-order chi connectivity index (χ1) is 7.62. The van der Waals surface area contributed by atoms with Gasteiger partial charge in [0.2, 0.25) is 0 Å². The van der Waals surface area contributed by atoms with E-state index in [1.165, 1.54) is 0 Å². The van der Waals surface area contributed by atoms with Crippen molar-refractivity contribution in [2.24, 2.45) is 0 Å². The van der Waals surface area contributed by atoms with Gasteiger partial charge in [-0.05, 0) is 32.4 Å². The van der Waals surface area contributed by atoms with Gasteiger partial charge in [-0.1, -0.05) is 18.2 Å². The van der Waals surface area contributed by atoms with Crippen LogP contribution in [0.25, 0.3) is 0 Å². The fourth-order valence-corrected chi connectivity index (χ4v) is 2.25. The summed E-state index contributed by atoms with van der Waals surface area (Å²) in [6, 6.07) is 6.99. The molecule has 1 heterocycles. The second-order valence-electron chi connectivity index (χ2n) is 4.24. The Morgan fingerprint density at radius 1 is 1.38 bits per heavy atom. The van der Waals surface area contributed by atoms with Crippen molar-refractivity contribution < 1.29 is 13.5 Å². The molecule has 1 N–H and O–H groups in total. The normalized spacial score (nSPS) is 25.0. The molecule has 2 rings (SSSR count). The van der Waals surface area contributed by atoms with Crippen LogP contribution in [0.15, 0.2) is 24.3 Å². The van der Waals surface area contributed by atoms with Crippen molar-refractivity contribution >= 4 is 0 Å². The van der Waals surface area contributed by atoms with Gasteiger partial charge in [-0.2, -0.15) is 8.78 Å². The lowest BCUT2D eigenvalue weighted by atomic mass is 9.90. The Labute approximate surface area is 93.6 Å². The van der Waals surface area contributed by atoms with Crippen LogP contribution in [0.2, 0.25) is 0 Å². The maximum atomic E-state index is 12.3. The maximum absolute atomic E-state index is 12.3. The number of para-hydroxylation sites is 1. The zero-order valence-corrected chi connectivity index (χ0v) is 9.17. The molecular formula is C12H15F2NO. The molecule has 1 aromatic rings. The van der Waals surface area contributed by atoms with Crippen molar-refractivity contribution in [3.63, 3.8) is 0 Å². The molecule has 0 bridgehead atoms. The van der Waals surface area contributed by atoms with Crippen LogP contribution < -0.4 is 10.1 Å². The van der Waals surface area contributed by atoms with Gasteiger partial charge in [0.25, 0.3) is 0 Å². The lowest BCUT2D eigenvalue weighted by Gasteiger charge is -2.27. The summed E-state index contributed by atoms with van der Waals surface area (Å²) in [7, 11) is 0. The van der Waals surface area contributed by atoms with Gasteiger partial charge in [-0.15, -0.1) is 0 Å². The van der Waals surface area contributed by atoms with E-state index >= 15 is 0 Å². The van der Waals surface area contributed by atoms with Crippen molar-refractivity contribution in [3.8, 4) is 5.75 Å². The van der Waals surface area contributed by atoms with Crippen LogP contribution in [-0.2, 0) is 5.54 Å². The number of alkyl halides is 2. The zero-order chi connectivity index (χ0) is 11.6. The van der Waals surface area contributed by atoms with E-state index in [1.807, 2.05) is 19.1 Å². The lowest BCUT2D eigenvalue weighted by Crippen LogP contribution is -2.33. The Morgan fingerprint density at radius 2 is 2.12 bits per heavy atom. The molecule has 0 saturated carbocycles. The van der Waals surface area contributed by atoms with E-state index in [4.69, 9.17) is 0 Å². The van der Waals surface area contributed by atoms with Gasteiger partial charge in [0.15, 0.2) is 0 Å². The van der Waals surface area contributed by atoms with Gasteiger partial charge in [0.05, 0.1) is 0 Å². The van der Waals surface area contributed by atoms with Crippen LogP contribution in [0, 0.1) is 0 Å². The Morgan fingerprint density at radius 3 is 2.75 bits per heavy atom. The molecule has 0 spiro atoms. The van der Waals surface area contributed by atoms with E-state index in [-0.39, 0.29) is 11.3 Å². The summed E-state index contributed by atoms with van der Waals surface area (Å²) < 4.78 is 29.1. The summed E-state index contributed by atoms with van der Waals surface area (Å²) in [5.74, 6) is 0.273. The van der Waals surface area contributed by atoms with E-state index < -0.39 is 6.61 Å². The van der Waals surface area contributed by atoms with Crippen molar-refractivity contribution in [1.29, 1.82) is 0 Å². The molecule has 0 amide bonds. The maximum Gasteiger partial charge on any atom is 0.387 e. The molecule has 1 aliphatic heterocycles. The summed E-state index contributed by atoms with van der Waals surface area (Å²) in [4.78, 5) is 0. The molecule has 1 unspecified atom stereocenters. The largest absolute Gasteiger partial charge is 0.434 e. The number of nitrogens with one attached hydrogen (secondary N) is 1. The fraction of sp³-hybridized carbons (Fsp3) is 0.500. The highest BCUT2D eigenvalue weighted by molar-refractivity contribution is 5.39. The van der Waals surface area contributed by atoms with E-state index in [9.17, 15) is 8.78 Å². The number of ether oxygens (including phenoxy) is 1. The first-order valence-corrected chi connectivity index (χ1v) is 5.41. The van der Waals surface area contributed by atoms with Gasteiger partial charge in [-0.3, -0.25) is 0 Å². The smallest absolute Gasteiger partial charge is 0.387 e. The first-order valence-electron chi connectivity index (χ1n) is 5.41. The van der Waals surface area contributed by atoms with Crippen LogP contribution >= 0.6 is 0 Å². The summed E-state index contributed by atoms with van der Waals surface area (Å²) in [5, 5.41) is 3.34. The third kappa shape index (κ3) is 2.16. The van der Waals surface area contributed by atoms with Crippen LogP contribution in [0.1, 0.15) is 25.3 Å². The van der Waals surface area contributed by atoms with E-state index in [0.717, 1.165) is 24.9 Å². The molecule has 0 aliphatic carbocycles. The zero-order valence-electron chi connectivity index (χ0n) is 9.17. The average molecular weight is 227 g/mol. The SMILES string of the molecule is CC1(c2ccccc2OC(F)F)CCCN1. The molecule has 0 aromatic heterocycles. The number of rotatable bonds is 3. The van der Waals surface area contributed by atoms with Crippen molar-refractivity contribution in [2.45, 2.75) is 31.9 Å². The molecule has 1 fully saturated rings. The number of hydrogen-bond donors (Lipinski definition) is 1. The van der Waals surface area contributed by atoms with Crippen molar-refractivity contribution in [2.75, 3.05) is 6.54 Å². The van der Waals surface area contributed by atoms with Gasteiger partial charge in [0.1, 0.15) is 5.75 Å². The molecule has 1 atom stereocenters. The average Bonchev–Trinajstić information content (AvgIpc) is 2.66. The standard InChI is InChI=1S/C12H15F2NO/c1-12(7-4-8-15-12)9-5-2-3-6-10(9)16-11(13)14/h2-3,5-6,11,15H,4,7-8H2,1H3. The highest BCUT2D eigenvalue weighted by atomic mass is 19.3. The fourth-order valence-electron chi connectivity index (χ4n) is 2.25. The van der Waals surface area contributed by atoms with E-state index in [2.05, 4.69) is 10.1 Å². The van der Waals surface area contributed by atoms with Crippen molar-refractivity contribution in [3.05, 3.63) is 29.8 Å². The Balaban J connectivity index is 2.32. The van der Waals surface area contributed by atoms with Gasteiger partial charge in [-0.25, -0.2) is 0 Å². The van der Waals surface area contributed by atoms with Gasteiger partial charge in [0, 0.05) is 11.1 Å². The lowest BCUT2D eigenvalue weighted by molar-refractivity contribution is -0.0510. The van der Waals surface area contributed by atoms with Gasteiger partial charge >= 0.3 is 6.61 Å². The third-order valence-corrected chi connectivity index (χ3v) is 3.07. The van der Waals surface area contributed by atoms with Crippen LogP contribution in [0.4, 0.5) is 8.78 Å². The number of halogens is 2. The van der Waals surface area contributed by atoms with Crippen LogP contribution in [0.5, 0.6) is 5.75 Å². The highest BCUT2D eigenvalue weighted by Gasteiger charge is 2.32. The minimum absolute atomic E-state index is 0.245. The topological polar surface area (TPSA) is 21.3 Å². The summed E-state index contributed by atoms with van der Waals surface area (Å²) in [6.45, 7) is 0.166. The summed E-state index contributed by atoms with van der Waals surface area (Å²) in [6.07, 6.45) is 2.00. The quantitative estimate of drug-likeness (QED) is 0.857. The Bertz CT molecular complexity index is 362. The van der Waals surface area contributed by atoms with E-state index in [1.54, 1.807) is 12.1 Å². The Hall–Kier alpha value is -1.16. The third-order valence-electron chi connectivity index (χ3n) is 3.07. The Kier molecular flexibility index (Phi) is 3.10. The molecule has 1 aliphatic rings. The predicted octanol–water partition coefficient (Wildman–Crippen LogP) is 2.89. The predicted molar refractivity (Wildman–Crippen MR) is 57.7 cm³/mol. The molecule has 0 radical (unpaired) electrons. The molecule has 1 aromatic carbocycles. The first kappa shape index (κ1) is 11.3. The number of benzene rings is 1. The second-order valence-corrected chi connectivity index (χ2v) is 4.24. The summed E-state index contributed by atoms with van der Waals surface area (Å²) >= 11 is 0. The van der Waals surface area contributed by atoms with E-state index in [0.29, 0.717) is 0 Å². The van der Waals surface area contributed by atoms with Crippen LogP contribution in [0.3, 0.4) is 0 Å². The molecule has 1 saturated heterocycles. The van der Waals surface area contributed by atoms with Crippen LogP contribution in [-0.4, -0.2) is 13.2 Å². The minimum Gasteiger partial charge on any atom is -0.434 e. The monoisotopic (exact) mass is 227 g/mol. The number of hydrogen-bond acceptors (Lipinski definition) is 2. The molecular weight excluding hydrogens is 212 g/mol. The second kappa shape index (κ2) is 4.37. The summed E-state index contributed by atoms with van der Waals surface area (Å²) in [5.41, 5.74) is 0.568. The molecule has 4 heteroatoms. The highest BCUT2D eigenvalue weighted by Crippen LogP contribution is 2.36. The molecule has 2 nitrogen and oxygen atoms in total. The molecule has 88 valence electrons. The minimum atomic E-state index is -2.77.